The Morgan fingerprint density at radius 3 is 2.29 bits per heavy atom. The Kier molecular flexibility index (Phi) is 7.88. The van der Waals surface area contributed by atoms with Crippen molar-refractivity contribution in [3.8, 4) is 0 Å². The first-order valence-corrected chi connectivity index (χ1v) is 11.1. The summed E-state index contributed by atoms with van der Waals surface area (Å²) in [6.45, 7) is 7.84. The number of para-hydroxylation sites is 1. The normalized spacial score (nSPS) is 15.8. The van der Waals surface area contributed by atoms with Gasteiger partial charge in [-0.1, -0.05) is 56.3 Å². The number of hydrogen-bond donors (Lipinski definition) is 2. The summed E-state index contributed by atoms with van der Waals surface area (Å²) in [5.74, 6) is 0.287. The Hall–Kier alpha value is -3.08. The maximum atomic E-state index is 12.8. The maximum Gasteiger partial charge on any atom is 0.253 e. The zero-order valence-corrected chi connectivity index (χ0v) is 18.7. The zero-order chi connectivity index (χ0) is 22.2. The van der Waals surface area contributed by atoms with Crippen LogP contribution in [0.4, 0.5) is 5.69 Å². The fraction of sp³-hybridized carbons (Fsp3) is 0.385. The average molecular weight is 420 g/mol. The summed E-state index contributed by atoms with van der Waals surface area (Å²) in [7, 11) is 0. The van der Waals surface area contributed by atoms with Gasteiger partial charge in [-0.15, -0.1) is 0 Å². The number of amides is 2. The van der Waals surface area contributed by atoms with Crippen molar-refractivity contribution in [1.29, 1.82) is 0 Å². The molecule has 1 unspecified atom stereocenters. The summed E-state index contributed by atoms with van der Waals surface area (Å²) in [5.41, 5.74) is 2.68. The quantitative estimate of drug-likeness (QED) is 0.659. The molecule has 2 aromatic carbocycles. The molecule has 2 aromatic rings. The van der Waals surface area contributed by atoms with Gasteiger partial charge < -0.3 is 15.5 Å². The molecule has 0 saturated carbocycles. The second kappa shape index (κ2) is 10.8. The molecule has 0 bridgehead atoms. The molecule has 0 aliphatic carbocycles. The molecular formula is C26H33N3O2. The van der Waals surface area contributed by atoms with Gasteiger partial charge in [0.15, 0.2) is 0 Å². The number of nitrogens with zero attached hydrogens (tertiary/aromatic N) is 1. The molecule has 0 radical (unpaired) electrons. The predicted octanol–water partition coefficient (Wildman–Crippen LogP) is 4.26. The Balaban J connectivity index is 1.55. The molecule has 1 heterocycles. The van der Waals surface area contributed by atoms with Crippen molar-refractivity contribution in [3.63, 3.8) is 0 Å². The highest BCUT2D eigenvalue weighted by Gasteiger charge is 2.24. The van der Waals surface area contributed by atoms with Crippen LogP contribution in [0, 0.1) is 5.92 Å². The van der Waals surface area contributed by atoms with Crippen molar-refractivity contribution in [2.45, 2.75) is 45.7 Å². The fourth-order valence-electron chi connectivity index (χ4n) is 3.64. The first-order valence-electron chi connectivity index (χ1n) is 11.1. The number of piperidine rings is 1. The average Bonchev–Trinajstić information content (AvgIpc) is 2.79. The van der Waals surface area contributed by atoms with Gasteiger partial charge in [0.1, 0.15) is 0 Å². The number of carbonyl (C=O) groups is 2. The van der Waals surface area contributed by atoms with Crippen LogP contribution >= 0.6 is 0 Å². The van der Waals surface area contributed by atoms with Crippen LogP contribution in [0.25, 0.3) is 6.08 Å². The van der Waals surface area contributed by atoms with E-state index in [-0.39, 0.29) is 23.9 Å². The van der Waals surface area contributed by atoms with Crippen LogP contribution in [0.2, 0.25) is 0 Å². The molecule has 1 saturated heterocycles. The van der Waals surface area contributed by atoms with Gasteiger partial charge in [0, 0.05) is 36.9 Å². The van der Waals surface area contributed by atoms with Crippen LogP contribution in [0.5, 0.6) is 0 Å². The summed E-state index contributed by atoms with van der Waals surface area (Å²) < 4.78 is 0. The smallest absolute Gasteiger partial charge is 0.253 e. The van der Waals surface area contributed by atoms with Crippen LogP contribution in [0.15, 0.2) is 60.7 Å². The first-order chi connectivity index (χ1) is 14.9. The Morgan fingerprint density at radius 2 is 1.61 bits per heavy atom. The van der Waals surface area contributed by atoms with Gasteiger partial charge in [0.25, 0.3) is 5.91 Å². The molecule has 0 aromatic heterocycles. The van der Waals surface area contributed by atoms with Crippen molar-refractivity contribution in [3.05, 3.63) is 71.8 Å². The molecule has 0 spiro atoms. The molecular weight excluding hydrogens is 386 g/mol. The number of anilines is 1. The second-order valence-electron chi connectivity index (χ2n) is 8.54. The summed E-state index contributed by atoms with van der Waals surface area (Å²) in [4.78, 5) is 27.3. The molecule has 2 amide bonds. The summed E-state index contributed by atoms with van der Waals surface area (Å²) in [5, 5.41) is 6.21. The standard InChI is InChI=1S/C26H33N3O2/c1-19(2)20(3)27-26(31)23-11-7-8-12-24(23)29-17-15-22(16-18-29)28-25(30)14-13-21-9-5-4-6-10-21/h4-14,19-20,22H,15-18H2,1-3H3,(H,27,31)(H,28,30). The van der Waals surface area contributed by atoms with Crippen LogP contribution < -0.4 is 15.5 Å². The molecule has 31 heavy (non-hydrogen) atoms. The van der Waals surface area contributed by atoms with E-state index < -0.39 is 0 Å². The van der Waals surface area contributed by atoms with E-state index in [1.165, 1.54) is 0 Å². The lowest BCUT2D eigenvalue weighted by Gasteiger charge is -2.35. The van der Waals surface area contributed by atoms with Crippen molar-refractivity contribution in [2.75, 3.05) is 18.0 Å². The molecule has 1 aliphatic heterocycles. The van der Waals surface area contributed by atoms with E-state index in [9.17, 15) is 9.59 Å². The number of carbonyl (C=O) groups excluding carboxylic acids is 2. The highest BCUT2D eigenvalue weighted by molar-refractivity contribution is 6.00. The van der Waals surface area contributed by atoms with E-state index in [2.05, 4.69) is 29.4 Å². The van der Waals surface area contributed by atoms with Gasteiger partial charge in [-0.05, 0) is 49.5 Å². The Labute approximate surface area is 185 Å². The monoisotopic (exact) mass is 419 g/mol. The number of hydrogen-bond acceptors (Lipinski definition) is 3. The summed E-state index contributed by atoms with van der Waals surface area (Å²) >= 11 is 0. The van der Waals surface area contributed by atoms with E-state index in [1.54, 1.807) is 6.08 Å². The van der Waals surface area contributed by atoms with Crippen molar-refractivity contribution < 1.29 is 9.59 Å². The van der Waals surface area contributed by atoms with E-state index >= 15 is 0 Å². The predicted molar refractivity (Wildman–Crippen MR) is 127 cm³/mol. The Morgan fingerprint density at radius 1 is 0.968 bits per heavy atom. The first kappa shape index (κ1) is 22.6. The molecule has 164 valence electrons. The topological polar surface area (TPSA) is 61.4 Å². The van der Waals surface area contributed by atoms with Crippen LogP contribution in [0.3, 0.4) is 0 Å². The van der Waals surface area contributed by atoms with Crippen LogP contribution in [-0.2, 0) is 4.79 Å². The van der Waals surface area contributed by atoms with Gasteiger partial charge in [0.05, 0.1) is 5.56 Å². The summed E-state index contributed by atoms with van der Waals surface area (Å²) in [6, 6.07) is 17.8. The largest absolute Gasteiger partial charge is 0.371 e. The highest BCUT2D eigenvalue weighted by Crippen LogP contribution is 2.24. The molecule has 1 fully saturated rings. The van der Waals surface area contributed by atoms with Gasteiger partial charge in [-0.3, -0.25) is 9.59 Å². The maximum absolute atomic E-state index is 12.8. The van der Waals surface area contributed by atoms with Gasteiger partial charge in [-0.2, -0.15) is 0 Å². The van der Waals surface area contributed by atoms with E-state index in [1.807, 2.05) is 67.6 Å². The SMILES string of the molecule is CC(C)C(C)NC(=O)c1ccccc1N1CCC(NC(=O)C=Cc2ccccc2)CC1. The van der Waals surface area contributed by atoms with Crippen molar-refractivity contribution >= 4 is 23.6 Å². The Bertz CT molecular complexity index is 900. The van der Waals surface area contributed by atoms with Crippen LogP contribution in [0.1, 0.15) is 49.5 Å². The lowest BCUT2D eigenvalue weighted by Crippen LogP contribution is -2.45. The minimum Gasteiger partial charge on any atom is -0.371 e. The van der Waals surface area contributed by atoms with Crippen molar-refractivity contribution in [1.82, 2.24) is 10.6 Å². The third-order valence-electron chi connectivity index (χ3n) is 5.92. The number of benzene rings is 2. The van der Waals surface area contributed by atoms with E-state index in [0.717, 1.165) is 37.2 Å². The fourth-order valence-corrected chi connectivity index (χ4v) is 3.64. The van der Waals surface area contributed by atoms with E-state index in [0.29, 0.717) is 11.5 Å². The molecule has 5 nitrogen and oxygen atoms in total. The van der Waals surface area contributed by atoms with Gasteiger partial charge in [-0.25, -0.2) is 0 Å². The minimum atomic E-state index is -0.0650. The molecule has 1 atom stereocenters. The van der Waals surface area contributed by atoms with E-state index in [4.69, 9.17) is 0 Å². The second-order valence-corrected chi connectivity index (χ2v) is 8.54. The molecule has 1 aliphatic rings. The zero-order valence-electron chi connectivity index (χ0n) is 18.7. The third-order valence-corrected chi connectivity index (χ3v) is 5.92. The van der Waals surface area contributed by atoms with Gasteiger partial charge >= 0.3 is 0 Å². The number of nitrogens with one attached hydrogen (secondary N) is 2. The number of rotatable bonds is 7. The third kappa shape index (κ3) is 6.45. The van der Waals surface area contributed by atoms with Crippen molar-refractivity contribution in [2.24, 2.45) is 5.92 Å². The highest BCUT2D eigenvalue weighted by atomic mass is 16.2. The lowest BCUT2D eigenvalue weighted by molar-refractivity contribution is -0.117. The minimum absolute atomic E-state index is 0.0294. The van der Waals surface area contributed by atoms with Crippen LogP contribution in [-0.4, -0.2) is 37.0 Å². The lowest BCUT2D eigenvalue weighted by atomic mass is 10.0. The molecule has 2 N–H and O–H groups in total. The summed E-state index contributed by atoms with van der Waals surface area (Å²) in [6.07, 6.45) is 5.13. The molecule has 3 rings (SSSR count). The van der Waals surface area contributed by atoms with Gasteiger partial charge in [0.2, 0.25) is 5.91 Å². The molecule has 5 heteroatoms.